The number of rotatable bonds is 1. The number of nitrogens with zero attached hydrogens (tertiary/aromatic N) is 1. The number of hydrogen-bond acceptors (Lipinski definition) is 1. The lowest BCUT2D eigenvalue weighted by Crippen LogP contribution is -2.19. The first-order chi connectivity index (χ1) is 8.34. The van der Waals surface area contributed by atoms with Crippen LogP contribution < -0.4 is 5.56 Å². The lowest BCUT2D eigenvalue weighted by Gasteiger charge is -2.07. The van der Waals surface area contributed by atoms with Crippen LogP contribution in [0.1, 0.15) is 5.69 Å². The zero-order valence-electron chi connectivity index (χ0n) is 8.82. The fraction of sp³-hybridized carbons (Fsp3) is 0.100. The monoisotopic (exact) mass is 264 g/mol. The molecule has 8 heteroatoms. The standard InChI is InChI=1S/C10H5F5N2O/c1-3-2-4(18)17(16-3)10-8(14)6(12)5(11)7(13)9(10)15/h2,16H,1H3. The first-order valence-corrected chi connectivity index (χ1v) is 4.65. The van der Waals surface area contributed by atoms with Gasteiger partial charge in [-0.05, 0) is 6.92 Å². The number of nitrogens with one attached hydrogen (secondary N) is 1. The van der Waals surface area contributed by atoms with Gasteiger partial charge in [0.1, 0.15) is 5.69 Å². The largest absolute Gasteiger partial charge is 0.295 e. The summed E-state index contributed by atoms with van der Waals surface area (Å²) < 4.78 is 65.7. The highest BCUT2D eigenvalue weighted by molar-refractivity contribution is 5.37. The van der Waals surface area contributed by atoms with Gasteiger partial charge in [-0.25, -0.2) is 26.6 Å². The Morgan fingerprint density at radius 1 is 0.944 bits per heavy atom. The molecule has 3 nitrogen and oxygen atoms in total. The van der Waals surface area contributed by atoms with Crippen molar-refractivity contribution >= 4 is 0 Å². The van der Waals surface area contributed by atoms with E-state index in [9.17, 15) is 26.7 Å². The molecule has 0 aliphatic rings. The third-order valence-electron chi connectivity index (χ3n) is 2.26. The Bertz CT molecular complexity index is 659. The molecule has 96 valence electrons. The molecule has 0 radical (unpaired) electrons. The van der Waals surface area contributed by atoms with Crippen molar-refractivity contribution < 1.29 is 22.0 Å². The minimum atomic E-state index is -2.27. The highest BCUT2D eigenvalue weighted by atomic mass is 19.2. The molecule has 1 heterocycles. The van der Waals surface area contributed by atoms with Crippen LogP contribution in [0, 0.1) is 36.0 Å². The number of benzene rings is 1. The fourth-order valence-corrected chi connectivity index (χ4v) is 1.47. The molecule has 0 atom stereocenters. The van der Waals surface area contributed by atoms with E-state index in [0.29, 0.717) is 0 Å². The van der Waals surface area contributed by atoms with Gasteiger partial charge in [0, 0.05) is 11.8 Å². The van der Waals surface area contributed by atoms with E-state index in [-0.39, 0.29) is 10.4 Å². The molecule has 0 bridgehead atoms. The minimum absolute atomic E-state index is 0.212. The van der Waals surface area contributed by atoms with Crippen LogP contribution in [0.3, 0.4) is 0 Å². The molecule has 1 aromatic heterocycles. The second-order valence-electron chi connectivity index (χ2n) is 3.53. The Labute approximate surface area is 96.4 Å². The number of aryl methyl sites for hydroxylation is 1. The van der Waals surface area contributed by atoms with Gasteiger partial charge in [0.15, 0.2) is 23.3 Å². The smallest absolute Gasteiger partial charge is 0.271 e. The van der Waals surface area contributed by atoms with Crippen molar-refractivity contribution in [2.75, 3.05) is 0 Å². The highest BCUT2D eigenvalue weighted by Gasteiger charge is 2.27. The summed E-state index contributed by atoms with van der Waals surface area (Å²) >= 11 is 0. The minimum Gasteiger partial charge on any atom is -0.295 e. The highest BCUT2D eigenvalue weighted by Crippen LogP contribution is 2.24. The van der Waals surface area contributed by atoms with Crippen molar-refractivity contribution in [1.82, 2.24) is 9.78 Å². The van der Waals surface area contributed by atoms with Crippen molar-refractivity contribution in [2.24, 2.45) is 0 Å². The van der Waals surface area contributed by atoms with Crippen molar-refractivity contribution in [1.29, 1.82) is 0 Å². The number of hydrogen-bond donors (Lipinski definition) is 1. The van der Waals surface area contributed by atoms with Crippen LogP contribution in [0.15, 0.2) is 10.9 Å². The van der Waals surface area contributed by atoms with Gasteiger partial charge in [-0.15, -0.1) is 0 Å². The maximum Gasteiger partial charge on any atom is 0.271 e. The molecular weight excluding hydrogens is 259 g/mol. The summed E-state index contributed by atoms with van der Waals surface area (Å²) in [5, 5.41) is 2.18. The van der Waals surface area contributed by atoms with Crippen LogP contribution in [-0.4, -0.2) is 9.78 Å². The van der Waals surface area contributed by atoms with Gasteiger partial charge in [0.2, 0.25) is 5.82 Å². The molecule has 0 saturated carbocycles. The molecule has 0 aliphatic carbocycles. The van der Waals surface area contributed by atoms with E-state index in [1.54, 1.807) is 0 Å². The van der Waals surface area contributed by atoms with E-state index in [1.807, 2.05) is 0 Å². The predicted octanol–water partition coefficient (Wildman–Crippen LogP) is 2.17. The number of H-pyrrole nitrogens is 1. The Morgan fingerprint density at radius 2 is 1.39 bits per heavy atom. The Hall–Kier alpha value is -2.12. The molecule has 0 unspecified atom stereocenters. The zero-order chi connectivity index (χ0) is 13.6. The first kappa shape index (κ1) is 12.3. The van der Waals surface area contributed by atoms with Gasteiger partial charge in [-0.2, -0.15) is 0 Å². The maximum atomic E-state index is 13.4. The summed E-state index contributed by atoms with van der Waals surface area (Å²) in [6.07, 6.45) is 0. The van der Waals surface area contributed by atoms with E-state index in [0.717, 1.165) is 6.07 Å². The zero-order valence-corrected chi connectivity index (χ0v) is 8.82. The van der Waals surface area contributed by atoms with E-state index < -0.39 is 40.3 Å². The van der Waals surface area contributed by atoms with Gasteiger partial charge < -0.3 is 0 Å². The topological polar surface area (TPSA) is 37.8 Å². The lowest BCUT2D eigenvalue weighted by molar-refractivity contribution is 0.373. The summed E-state index contributed by atoms with van der Waals surface area (Å²) in [5.41, 5.74) is -2.05. The summed E-state index contributed by atoms with van der Waals surface area (Å²) in [6.45, 7) is 1.39. The van der Waals surface area contributed by atoms with Crippen molar-refractivity contribution in [3.63, 3.8) is 0 Å². The first-order valence-electron chi connectivity index (χ1n) is 4.65. The molecule has 1 N–H and O–H groups in total. The number of aromatic nitrogens is 2. The number of aromatic amines is 1. The van der Waals surface area contributed by atoms with Gasteiger partial charge in [0.05, 0.1) is 0 Å². The SMILES string of the molecule is Cc1cc(=O)n(-c2c(F)c(F)c(F)c(F)c2F)[nH]1. The van der Waals surface area contributed by atoms with E-state index >= 15 is 0 Å². The molecule has 0 spiro atoms. The number of halogens is 5. The van der Waals surface area contributed by atoms with Gasteiger partial charge >= 0.3 is 0 Å². The van der Waals surface area contributed by atoms with Crippen LogP contribution in [0.5, 0.6) is 0 Å². The summed E-state index contributed by atoms with van der Waals surface area (Å²) in [5.74, 6) is -10.6. The summed E-state index contributed by atoms with van der Waals surface area (Å²) in [4.78, 5) is 11.3. The average Bonchev–Trinajstić information content (AvgIpc) is 2.64. The third kappa shape index (κ3) is 1.60. The van der Waals surface area contributed by atoms with E-state index in [2.05, 4.69) is 5.10 Å². The molecule has 0 saturated heterocycles. The van der Waals surface area contributed by atoms with Crippen LogP contribution in [0.25, 0.3) is 5.69 Å². The predicted molar refractivity (Wildman–Crippen MR) is 50.9 cm³/mol. The van der Waals surface area contributed by atoms with Crippen LogP contribution in [-0.2, 0) is 0 Å². The lowest BCUT2D eigenvalue weighted by atomic mass is 10.2. The third-order valence-corrected chi connectivity index (χ3v) is 2.26. The summed E-state index contributed by atoms with van der Waals surface area (Å²) in [6, 6.07) is 0.956. The quantitative estimate of drug-likeness (QED) is 0.478. The molecule has 18 heavy (non-hydrogen) atoms. The molecule has 0 fully saturated rings. The second-order valence-corrected chi connectivity index (χ2v) is 3.53. The van der Waals surface area contributed by atoms with Gasteiger partial charge in [-0.1, -0.05) is 0 Å². The summed E-state index contributed by atoms with van der Waals surface area (Å²) in [7, 11) is 0. The van der Waals surface area contributed by atoms with Crippen LogP contribution >= 0.6 is 0 Å². The molecular formula is C10H5F5N2O. The molecule has 0 amide bonds. The van der Waals surface area contributed by atoms with E-state index in [1.165, 1.54) is 6.92 Å². The van der Waals surface area contributed by atoms with Gasteiger partial charge in [-0.3, -0.25) is 9.89 Å². The molecule has 2 rings (SSSR count). The van der Waals surface area contributed by atoms with Crippen molar-refractivity contribution in [2.45, 2.75) is 6.92 Å². The van der Waals surface area contributed by atoms with Crippen LogP contribution in [0.4, 0.5) is 22.0 Å². The molecule has 1 aromatic carbocycles. The Balaban J connectivity index is 2.88. The fourth-order valence-electron chi connectivity index (χ4n) is 1.47. The average molecular weight is 264 g/mol. The second kappa shape index (κ2) is 3.97. The Morgan fingerprint density at radius 3 is 1.78 bits per heavy atom. The Kier molecular flexibility index (Phi) is 2.72. The van der Waals surface area contributed by atoms with Crippen LogP contribution in [0.2, 0.25) is 0 Å². The van der Waals surface area contributed by atoms with E-state index in [4.69, 9.17) is 0 Å². The maximum absolute atomic E-state index is 13.4. The van der Waals surface area contributed by atoms with Crippen molar-refractivity contribution in [3.8, 4) is 5.69 Å². The van der Waals surface area contributed by atoms with Crippen molar-refractivity contribution in [3.05, 3.63) is 51.2 Å². The molecule has 0 aliphatic heterocycles. The molecule has 2 aromatic rings. The normalized spacial score (nSPS) is 11.0. The van der Waals surface area contributed by atoms with Gasteiger partial charge in [0.25, 0.3) is 5.56 Å².